The van der Waals surface area contributed by atoms with E-state index in [1.165, 1.54) is 27.3 Å². The molecule has 0 spiro atoms. The highest BCUT2D eigenvalue weighted by atomic mass is 32.2. The molecule has 2 aromatic carbocycles. The van der Waals surface area contributed by atoms with E-state index in [0.717, 1.165) is 16.8 Å². The Labute approximate surface area is 187 Å². The van der Waals surface area contributed by atoms with E-state index in [2.05, 4.69) is 10.1 Å². The average Bonchev–Trinajstić information content (AvgIpc) is 3.08. The lowest BCUT2D eigenvalue weighted by Crippen LogP contribution is -2.40. The molecule has 0 unspecified atom stereocenters. The maximum atomic E-state index is 12.9. The van der Waals surface area contributed by atoms with E-state index in [4.69, 9.17) is 4.74 Å². The minimum Gasteiger partial charge on any atom is -0.379 e. The first-order valence-corrected chi connectivity index (χ1v) is 11.8. The Hall–Kier alpha value is -3.01. The van der Waals surface area contributed by atoms with Crippen molar-refractivity contribution >= 4 is 21.9 Å². The van der Waals surface area contributed by atoms with E-state index in [0.29, 0.717) is 43.2 Å². The smallest absolute Gasteiger partial charge is 0.280 e. The third kappa shape index (κ3) is 4.32. The van der Waals surface area contributed by atoms with E-state index in [1.54, 1.807) is 12.1 Å². The van der Waals surface area contributed by atoms with Gasteiger partial charge in [0.25, 0.3) is 5.56 Å². The number of rotatable bonds is 5. The molecule has 1 aromatic heterocycles. The largest absolute Gasteiger partial charge is 0.379 e. The lowest BCUT2D eigenvalue weighted by atomic mass is 10.1. The SMILES string of the molecule is Cc1ccc(-n2[nH]c(C)c(C=Nc3ccc(S(=O)(=O)N4CCOCC4)cc3)c2=O)cc1C. The minimum absolute atomic E-state index is 0.194. The van der Waals surface area contributed by atoms with Crippen molar-refractivity contribution in [2.24, 2.45) is 4.99 Å². The van der Waals surface area contributed by atoms with Crippen LogP contribution in [0.15, 0.2) is 57.1 Å². The van der Waals surface area contributed by atoms with E-state index < -0.39 is 10.0 Å². The Morgan fingerprint density at radius 2 is 1.69 bits per heavy atom. The summed E-state index contributed by atoms with van der Waals surface area (Å²) in [6.45, 7) is 7.35. The third-order valence-corrected chi connectivity index (χ3v) is 7.57. The first-order chi connectivity index (χ1) is 15.3. The molecule has 0 atom stereocenters. The van der Waals surface area contributed by atoms with Gasteiger partial charge in [-0.05, 0) is 68.3 Å². The number of hydrogen-bond donors (Lipinski definition) is 1. The Kier molecular flexibility index (Phi) is 6.14. The topological polar surface area (TPSA) is 96.8 Å². The van der Waals surface area contributed by atoms with Gasteiger partial charge in [-0.3, -0.25) is 14.9 Å². The number of hydrogen-bond acceptors (Lipinski definition) is 5. The molecule has 2 heterocycles. The van der Waals surface area contributed by atoms with E-state index in [-0.39, 0.29) is 10.5 Å². The highest BCUT2D eigenvalue weighted by molar-refractivity contribution is 7.89. The van der Waals surface area contributed by atoms with Gasteiger partial charge >= 0.3 is 0 Å². The summed E-state index contributed by atoms with van der Waals surface area (Å²) >= 11 is 0. The van der Waals surface area contributed by atoms with Crippen LogP contribution >= 0.6 is 0 Å². The number of H-pyrrole nitrogens is 1. The molecule has 0 amide bonds. The van der Waals surface area contributed by atoms with Crippen LogP contribution in [0.4, 0.5) is 5.69 Å². The Balaban J connectivity index is 1.57. The zero-order chi connectivity index (χ0) is 22.9. The monoisotopic (exact) mass is 454 g/mol. The summed E-state index contributed by atoms with van der Waals surface area (Å²) in [5.41, 5.74) is 4.54. The van der Waals surface area contributed by atoms with Crippen LogP contribution in [0.25, 0.3) is 5.69 Å². The van der Waals surface area contributed by atoms with Gasteiger partial charge in [0.2, 0.25) is 10.0 Å². The highest BCUT2D eigenvalue weighted by Crippen LogP contribution is 2.21. The quantitative estimate of drug-likeness (QED) is 0.600. The zero-order valence-electron chi connectivity index (χ0n) is 18.3. The van der Waals surface area contributed by atoms with Crippen molar-refractivity contribution in [3.63, 3.8) is 0 Å². The summed E-state index contributed by atoms with van der Waals surface area (Å²) in [6.07, 6.45) is 1.51. The molecule has 1 fully saturated rings. The summed E-state index contributed by atoms with van der Waals surface area (Å²) in [5, 5.41) is 3.10. The minimum atomic E-state index is -3.55. The van der Waals surface area contributed by atoms with Crippen molar-refractivity contribution in [3.05, 3.63) is 75.2 Å². The van der Waals surface area contributed by atoms with Crippen LogP contribution in [0.1, 0.15) is 22.4 Å². The number of nitrogens with one attached hydrogen (secondary N) is 1. The molecule has 1 saturated heterocycles. The Bertz CT molecular complexity index is 1320. The van der Waals surface area contributed by atoms with E-state index in [9.17, 15) is 13.2 Å². The maximum absolute atomic E-state index is 12.9. The molecule has 1 N–H and O–H groups in total. The zero-order valence-corrected chi connectivity index (χ0v) is 19.1. The van der Waals surface area contributed by atoms with Gasteiger partial charge < -0.3 is 4.74 Å². The number of morpholine rings is 1. The molecule has 1 aliphatic heterocycles. The average molecular weight is 455 g/mol. The van der Waals surface area contributed by atoms with Gasteiger partial charge in [-0.25, -0.2) is 13.1 Å². The number of benzene rings is 2. The fourth-order valence-corrected chi connectivity index (χ4v) is 4.95. The fourth-order valence-electron chi connectivity index (χ4n) is 3.54. The van der Waals surface area contributed by atoms with Gasteiger partial charge in [0.05, 0.1) is 35.0 Å². The lowest BCUT2D eigenvalue weighted by molar-refractivity contribution is 0.0730. The molecule has 0 aliphatic carbocycles. The van der Waals surface area contributed by atoms with Crippen molar-refractivity contribution in [1.82, 2.24) is 14.1 Å². The van der Waals surface area contributed by atoms with Crippen molar-refractivity contribution in [1.29, 1.82) is 0 Å². The molecular formula is C23H26N4O4S. The second-order valence-corrected chi connectivity index (χ2v) is 9.77. The number of sulfonamides is 1. The van der Waals surface area contributed by atoms with E-state index in [1.807, 2.05) is 39.0 Å². The second-order valence-electron chi connectivity index (χ2n) is 7.83. The third-order valence-electron chi connectivity index (χ3n) is 5.65. The normalized spacial score (nSPS) is 15.5. The molecule has 3 aromatic rings. The summed E-state index contributed by atoms with van der Waals surface area (Å²) in [7, 11) is -3.55. The second kappa shape index (κ2) is 8.85. The van der Waals surface area contributed by atoms with Gasteiger partial charge in [-0.15, -0.1) is 0 Å². The standard InChI is InChI=1S/C23H26N4O4S/c1-16-4-7-20(14-17(16)2)27-23(28)22(18(3)25-27)15-24-19-5-8-21(9-6-19)32(29,30)26-10-12-31-13-11-26/h4-9,14-15,25H,10-13H2,1-3H3. The van der Waals surface area contributed by atoms with Crippen LogP contribution in [0, 0.1) is 20.8 Å². The molecule has 1 aliphatic rings. The van der Waals surface area contributed by atoms with Crippen molar-refractivity contribution in [3.8, 4) is 5.69 Å². The number of aliphatic imine (C=N–C) groups is 1. The van der Waals surface area contributed by atoms with Crippen LogP contribution in [0.3, 0.4) is 0 Å². The van der Waals surface area contributed by atoms with Crippen LogP contribution in [-0.4, -0.2) is 55.0 Å². The molecule has 4 rings (SSSR count). The molecule has 0 bridgehead atoms. The molecule has 0 saturated carbocycles. The molecule has 168 valence electrons. The first kappa shape index (κ1) is 22.2. The summed E-state index contributed by atoms with van der Waals surface area (Å²) in [5.74, 6) is 0. The lowest BCUT2D eigenvalue weighted by Gasteiger charge is -2.26. The number of nitrogens with zero attached hydrogens (tertiary/aromatic N) is 3. The molecule has 8 nitrogen and oxygen atoms in total. The Morgan fingerprint density at radius 3 is 2.34 bits per heavy atom. The van der Waals surface area contributed by atoms with Crippen LogP contribution < -0.4 is 5.56 Å². The number of aromatic nitrogens is 2. The van der Waals surface area contributed by atoms with Crippen molar-refractivity contribution in [2.45, 2.75) is 25.7 Å². The number of ether oxygens (including phenoxy) is 1. The molecular weight excluding hydrogens is 428 g/mol. The Morgan fingerprint density at radius 1 is 1.00 bits per heavy atom. The highest BCUT2D eigenvalue weighted by Gasteiger charge is 2.26. The summed E-state index contributed by atoms with van der Waals surface area (Å²) < 4.78 is 33.6. The van der Waals surface area contributed by atoms with Gasteiger partial charge in [0, 0.05) is 25.0 Å². The fraction of sp³-hybridized carbons (Fsp3) is 0.304. The summed E-state index contributed by atoms with van der Waals surface area (Å²) in [4.78, 5) is 17.5. The van der Waals surface area contributed by atoms with Crippen molar-refractivity contribution in [2.75, 3.05) is 26.3 Å². The van der Waals surface area contributed by atoms with Crippen molar-refractivity contribution < 1.29 is 13.2 Å². The maximum Gasteiger partial charge on any atom is 0.280 e. The molecule has 32 heavy (non-hydrogen) atoms. The van der Waals surface area contributed by atoms with E-state index >= 15 is 0 Å². The predicted molar refractivity (Wildman–Crippen MR) is 124 cm³/mol. The number of aryl methyl sites for hydroxylation is 3. The van der Waals surface area contributed by atoms with Gasteiger partial charge in [0.15, 0.2) is 0 Å². The molecule has 9 heteroatoms. The molecule has 0 radical (unpaired) electrons. The van der Waals surface area contributed by atoms with Gasteiger partial charge in [-0.1, -0.05) is 6.07 Å². The van der Waals surface area contributed by atoms with Crippen LogP contribution in [0.5, 0.6) is 0 Å². The van der Waals surface area contributed by atoms with Crippen LogP contribution in [0.2, 0.25) is 0 Å². The predicted octanol–water partition coefficient (Wildman–Crippen LogP) is 2.86. The van der Waals surface area contributed by atoms with Gasteiger partial charge in [-0.2, -0.15) is 4.31 Å². The number of aromatic amines is 1. The first-order valence-electron chi connectivity index (χ1n) is 10.4. The van der Waals surface area contributed by atoms with Crippen LogP contribution in [-0.2, 0) is 14.8 Å². The summed E-state index contributed by atoms with van der Waals surface area (Å²) in [6, 6.07) is 12.2. The van der Waals surface area contributed by atoms with Gasteiger partial charge in [0.1, 0.15) is 0 Å².